The molecule has 3 N–H and O–H groups in total. The molecule has 106 valence electrons. The van der Waals surface area contributed by atoms with Gasteiger partial charge in [0.15, 0.2) is 0 Å². The van der Waals surface area contributed by atoms with Gasteiger partial charge >= 0.3 is 12.0 Å². The smallest absolute Gasteiger partial charge is 0.326 e. The van der Waals surface area contributed by atoms with Crippen LogP contribution in [0.5, 0.6) is 0 Å². The van der Waals surface area contributed by atoms with E-state index in [0.717, 1.165) is 0 Å². The second-order valence-corrected chi connectivity index (χ2v) is 6.84. The molecule has 0 aromatic heterocycles. The molecule has 0 heterocycles. The van der Waals surface area contributed by atoms with Gasteiger partial charge in [-0.15, -0.1) is 0 Å². The molecule has 0 aromatic carbocycles. The van der Waals surface area contributed by atoms with Crippen molar-refractivity contribution in [2.45, 2.75) is 60.5 Å². The second kappa shape index (κ2) is 5.59. The molecule has 0 aromatic rings. The summed E-state index contributed by atoms with van der Waals surface area (Å²) in [5, 5.41) is 14.4. The Bertz CT molecular complexity index is 313. The zero-order valence-electron chi connectivity index (χ0n) is 12.4. The van der Waals surface area contributed by atoms with Crippen LogP contribution < -0.4 is 10.6 Å². The third kappa shape index (κ3) is 5.38. The Balaban J connectivity index is 4.60. The zero-order valence-corrected chi connectivity index (χ0v) is 12.4. The van der Waals surface area contributed by atoms with Gasteiger partial charge in [0, 0.05) is 6.04 Å². The first-order valence-electron chi connectivity index (χ1n) is 6.15. The van der Waals surface area contributed by atoms with Crippen molar-refractivity contribution in [1.82, 2.24) is 10.6 Å². The number of carboxylic acids is 1. The number of hydrogen-bond acceptors (Lipinski definition) is 2. The molecule has 0 fully saturated rings. The van der Waals surface area contributed by atoms with Crippen molar-refractivity contribution >= 4 is 12.0 Å². The van der Waals surface area contributed by atoms with Gasteiger partial charge in [0.2, 0.25) is 0 Å². The molecule has 0 aliphatic rings. The molecular formula is C13H26N2O3. The predicted molar refractivity (Wildman–Crippen MR) is 71.5 cm³/mol. The first kappa shape index (κ1) is 16.7. The summed E-state index contributed by atoms with van der Waals surface area (Å²) in [6.07, 6.45) is 0. The number of nitrogens with one attached hydrogen (secondary N) is 2. The molecule has 0 aliphatic heterocycles. The SMILES string of the molecule is C[C@@H](NC(=O)NC(C(=O)O)C(C)(C)C)C(C)(C)C. The van der Waals surface area contributed by atoms with Gasteiger partial charge in [-0.2, -0.15) is 0 Å². The second-order valence-electron chi connectivity index (χ2n) is 6.84. The Morgan fingerprint density at radius 2 is 1.39 bits per heavy atom. The highest BCUT2D eigenvalue weighted by Crippen LogP contribution is 2.20. The molecule has 0 aliphatic carbocycles. The lowest BCUT2D eigenvalue weighted by molar-refractivity contribution is -0.141. The normalized spacial score (nSPS) is 15.7. The minimum atomic E-state index is -1.03. The minimum Gasteiger partial charge on any atom is -0.480 e. The molecule has 0 rings (SSSR count). The molecule has 5 nitrogen and oxygen atoms in total. The van der Waals surface area contributed by atoms with Crippen molar-refractivity contribution in [2.24, 2.45) is 10.8 Å². The van der Waals surface area contributed by atoms with Crippen LogP contribution in [0.3, 0.4) is 0 Å². The number of rotatable bonds is 3. The van der Waals surface area contributed by atoms with Crippen LogP contribution in [0.15, 0.2) is 0 Å². The lowest BCUT2D eigenvalue weighted by Crippen LogP contribution is -2.55. The van der Waals surface area contributed by atoms with Crippen molar-refractivity contribution in [3.05, 3.63) is 0 Å². The van der Waals surface area contributed by atoms with Crippen LogP contribution in [-0.2, 0) is 4.79 Å². The topological polar surface area (TPSA) is 78.4 Å². The van der Waals surface area contributed by atoms with E-state index in [1.807, 2.05) is 27.7 Å². The Labute approximate surface area is 109 Å². The molecule has 2 atom stereocenters. The van der Waals surface area contributed by atoms with Crippen LogP contribution in [0.2, 0.25) is 0 Å². The summed E-state index contributed by atoms with van der Waals surface area (Å²) >= 11 is 0. The first-order valence-corrected chi connectivity index (χ1v) is 6.15. The van der Waals surface area contributed by atoms with Gasteiger partial charge in [0.1, 0.15) is 6.04 Å². The van der Waals surface area contributed by atoms with E-state index in [4.69, 9.17) is 5.11 Å². The highest BCUT2D eigenvalue weighted by atomic mass is 16.4. The molecule has 0 saturated carbocycles. The molecule has 1 unspecified atom stereocenters. The van der Waals surface area contributed by atoms with E-state index in [1.165, 1.54) is 0 Å². The van der Waals surface area contributed by atoms with Gasteiger partial charge < -0.3 is 15.7 Å². The number of amides is 2. The van der Waals surface area contributed by atoms with Crippen molar-refractivity contribution in [1.29, 1.82) is 0 Å². The van der Waals surface area contributed by atoms with Gasteiger partial charge in [0.05, 0.1) is 0 Å². The first-order chi connectivity index (χ1) is 7.85. The highest BCUT2D eigenvalue weighted by Gasteiger charge is 2.33. The van der Waals surface area contributed by atoms with Gasteiger partial charge in [-0.1, -0.05) is 41.5 Å². The molecule has 0 bridgehead atoms. The third-order valence-electron chi connectivity index (χ3n) is 3.04. The number of aliphatic carboxylic acids is 1. The summed E-state index contributed by atoms with van der Waals surface area (Å²) in [6.45, 7) is 13.3. The van der Waals surface area contributed by atoms with Crippen molar-refractivity contribution in [3.63, 3.8) is 0 Å². The van der Waals surface area contributed by atoms with Gasteiger partial charge in [-0.05, 0) is 17.8 Å². The largest absolute Gasteiger partial charge is 0.480 e. The molecule has 5 heteroatoms. The predicted octanol–water partition coefficient (Wildman–Crippen LogP) is 2.22. The molecule has 18 heavy (non-hydrogen) atoms. The third-order valence-corrected chi connectivity index (χ3v) is 3.04. The van der Waals surface area contributed by atoms with Crippen molar-refractivity contribution < 1.29 is 14.7 Å². The van der Waals surface area contributed by atoms with Crippen LogP contribution >= 0.6 is 0 Å². The molecule has 0 spiro atoms. The average Bonchev–Trinajstić information content (AvgIpc) is 2.10. The maximum Gasteiger partial charge on any atom is 0.326 e. The fourth-order valence-electron chi connectivity index (χ4n) is 1.23. The van der Waals surface area contributed by atoms with Gasteiger partial charge in [0.25, 0.3) is 0 Å². The number of urea groups is 1. The van der Waals surface area contributed by atoms with E-state index in [0.29, 0.717) is 0 Å². The number of carbonyl (C=O) groups excluding carboxylic acids is 1. The van der Waals surface area contributed by atoms with Crippen LogP contribution in [0.4, 0.5) is 4.79 Å². The fraction of sp³-hybridized carbons (Fsp3) is 0.846. The summed E-state index contributed by atoms with van der Waals surface area (Å²) in [7, 11) is 0. The Hall–Kier alpha value is -1.26. The fourth-order valence-corrected chi connectivity index (χ4v) is 1.23. The molecule has 2 amide bonds. The number of hydrogen-bond donors (Lipinski definition) is 3. The standard InChI is InChI=1S/C13H26N2O3/c1-8(12(2,3)4)14-11(18)15-9(10(16)17)13(5,6)7/h8-9H,1-7H3,(H,16,17)(H2,14,15,18)/t8-,9?/m1/s1. The van der Waals surface area contributed by atoms with Crippen LogP contribution in [0.25, 0.3) is 0 Å². The zero-order chi connectivity index (χ0) is 14.7. The Morgan fingerprint density at radius 1 is 0.944 bits per heavy atom. The maximum atomic E-state index is 11.8. The van der Waals surface area contributed by atoms with Crippen molar-refractivity contribution in [3.8, 4) is 0 Å². The monoisotopic (exact) mass is 258 g/mol. The number of carboxylic acid groups (broad SMARTS) is 1. The maximum absolute atomic E-state index is 11.8. The van der Waals surface area contributed by atoms with E-state index in [-0.39, 0.29) is 11.5 Å². The van der Waals surface area contributed by atoms with E-state index in [2.05, 4.69) is 10.6 Å². The summed E-state index contributed by atoms with van der Waals surface area (Å²) in [4.78, 5) is 22.9. The summed E-state index contributed by atoms with van der Waals surface area (Å²) in [5.74, 6) is -1.03. The van der Waals surface area contributed by atoms with E-state index < -0.39 is 23.5 Å². The quantitative estimate of drug-likeness (QED) is 0.726. The average molecular weight is 258 g/mol. The van der Waals surface area contributed by atoms with Crippen LogP contribution in [0, 0.1) is 10.8 Å². The van der Waals surface area contributed by atoms with Crippen LogP contribution in [0.1, 0.15) is 48.5 Å². The molecule has 0 radical (unpaired) electrons. The summed E-state index contributed by atoms with van der Waals surface area (Å²) in [5.41, 5.74) is -0.605. The van der Waals surface area contributed by atoms with Crippen LogP contribution in [-0.4, -0.2) is 29.2 Å². The van der Waals surface area contributed by atoms with E-state index in [9.17, 15) is 9.59 Å². The van der Waals surface area contributed by atoms with Crippen molar-refractivity contribution in [2.75, 3.05) is 0 Å². The number of carbonyl (C=O) groups is 2. The Morgan fingerprint density at radius 3 is 1.67 bits per heavy atom. The lowest BCUT2D eigenvalue weighted by atomic mass is 9.86. The minimum absolute atomic E-state index is 0.0492. The highest BCUT2D eigenvalue weighted by molar-refractivity contribution is 5.83. The van der Waals surface area contributed by atoms with Gasteiger partial charge in [-0.3, -0.25) is 0 Å². The van der Waals surface area contributed by atoms with E-state index in [1.54, 1.807) is 20.8 Å². The molecule has 0 saturated heterocycles. The molecular weight excluding hydrogens is 232 g/mol. The summed E-state index contributed by atoms with van der Waals surface area (Å²) < 4.78 is 0. The van der Waals surface area contributed by atoms with E-state index >= 15 is 0 Å². The Kier molecular flexibility index (Phi) is 5.20. The lowest BCUT2D eigenvalue weighted by Gasteiger charge is -2.31. The summed E-state index contributed by atoms with van der Waals surface area (Å²) in [6, 6.07) is -1.41. The van der Waals surface area contributed by atoms with Gasteiger partial charge in [-0.25, -0.2) is 9.59 Å².